The number of nitrogens with zero attached hydrogens (tertiary/aromatic N) is 2. The molecule has 0 fully saturated rings. The Balaban J connectivity index is 1.96. The van der Waals surface area contributed by atoms with Crippen molar-refractivity contribution in [2.45, 2.75) is 34.1 Å². The predicted molar refractivity (Wildman–Crippen MR) is 93.0 cm³/mol. The van der Waals surface area contributed by atoms with Gasteiger partial charge in [-0.3, -0.25) is 4.79 Å². The molecule has 2 rings (SSSR count). The number of carbonyl (C=O) groups is 1. The number of hydrogen-bond acceptors (Lipinski definition) is 4. The minimum absolute atomic E-state index is 0.136. The van der Waals surface area contributed by atoms with Crippen LogP contribution in [0.25, 0.3) is 0 Å². The topological polar surface area (TPSA) is 66.9 Å². The summed E-state index contributed by atoms with van der Waals surface area (Å²) < 4.78 is 0. The zero-order chi connectivity index (χ0) is 16.8. The average Bonchev–Trinajstić information content (AvgIpc) is 2.51. The van der Waals surface area contributed by atoms with Crippen LogP contribution in [0.4, 0.5) is 11.6 Å². The molecule has 0 aliphatic carbocycles. The van der Waals surface area contributed by atoms with Crippen LogP contribution in [0.15, 0.2) is 30.6 Å². The molecule has 1 amide bonds. The third kappa shape index (κ3) is 5.06. The molecule has 5 nitrogen and oxygen atoms in total. The lowest BCUT2D eigenvalue weighted by atomic mass is 10.1. The van der Waals surface area contributed by atoms with Crippen LogP contribution in [0.2, 0.25) is 0 Å². The molecular formula is C18H24N4O. The van der Waals surface area contributed by atoms with E-state index < -0.39 is 0 Å². The Morgan fingerprint density at radius 2 is 1.83 bits per heavy atom. The van der Waals surface area contributed by atoms with E-state index in [1.54, 1.807) is 12.4 Å². The molecule has 1 heterocycles. The van der Waals surface area contributed by atoms with Gasteiger partial charge in [-0.25, -0.2) is 9.97 Å². The van der Waals surface area contributed by atoms with E-state index in [2.05, 4.69) is 48.3 Å². The average molecular weight is 312 g/mol. The minimum Gasteiger partial charge on any atom is -0.352 e. The van der Waals surface area contributed by atoms with E-state index in [1.807, 2.05) is 18.2 Å². The fourth-order valence-corrected chi connectivity index (χ4v) is 2.03. The number of rotatable bonds is 6. The summed E-state index contributed by atoms with van der Waals surface area (Å²) >= 11 is 0. The fourth-order valence-electron chi connectivity index (χ4n) is 2.03. The third-order valence-corrected chi connectivity index (χ3v) is 3.68. The fraction of sp³-hybridized carbons (Fsp3) is 0.389. The molecular weight excluding hydrogens is 288 g/mol. The van der Waals surface area contributed by atoms with Crippen LogP contribution in [0, 0.1) is 19.8 Å². The quantitative estimate of drug-likeness (QED) is 0.855. The van der Waals surface area contributed by atoms with Gasteiger partial charge in [0.2, 0.25) is 5.95 Å². The molecule has 122 valence electrons. The molecule has 2 N–H and O–H groups in total. The maximum Gasteiger partial charge on any atom is 0.254 e. The Morgan fingerprint density at radius 1 is 1.13 bits per heavy atom. The Kier molecular flexibility index (Phi) is 5.68. The first-order valence-corrected chi connectivity index (χ1v) is 7.90. The van der Waals surface area contributed by atoms with Crippen molar-refractivity contribution in [1.29, 1.82) is 0 Å². The number of anilines is 2. The normalized spacial score (nSPS) is 10.7. The molecule has 0 aliphatic rings. The van der Waals surface area contributed by atoms with E-state index in [0.29, 0.717) is 24.0 Å². The predicted octanol–water partition coefficient (Wildman–Crippen LogP) is 3.61. The highest BCUT2D eigenvalue weighted by molar-refractivity contribution is 5.93. The van der Waals surface area contributed by atoms with Gasteiger partial charge >= 0.3 is 0 Å². The van der Waals surface area contributed by atoms with Crippen molar-refractivity contribution in [2.75, 3.05) is 11.9 Å². The molecule has 0 bridgehead atoms. The Hall–Kier alpha value is -2.43. The number of benzene rings is 1. The van der Waals surface area contributed by atoms with E-state index in [-0.39, 0.29) is 5.91 Å². The van der Waals surface area contributed by atoms with Crippen LogP contribution < -0.4 is 10.6 Å². The zero-order valence-corrected chi connectivity index (χ0v) is 14.2. The van der Waals surface area contributed by atoms with Crippen LogP contribution in [0.3, 0.4) is 0 Å². The second kappa shape index (κ2) is 7.72. The SMILES string of the molecule is Cc1ccc(Nc2ncc(C(=O)NCCC(C)C)cn2)cc1C. The van der Waals surface area contributed by atoms with Gasteiger partial charge in [-0.2, -0.15) is 0 Å². The number of aryl methyl sites for hydroxylation is 2. The van der Waals surface area contributed by atoms with Gasteiger partial charge in [-0.15, -0.1) is 0 Å². The van der Waals surface area contributed by atoms with Crippen LogP contribution in [0.5, 0.6) is 0 Å². The highest BCUT2D eigenvalue weighted by atomic mass is 16.1. The number of hydrogen-bond donors (Lipinski definition) is 2. The van der Waals surface area contributed by atoms with E-state index >= 15 is 0 Å². The Morgan fingerprint density at radius 3 is 2.43 bits per heavy atom. The molecule has 0 spiro atoms. The third-order valence-electron chi connectivity index (χ3n) is 3.68. The van der Waals surface area contributed by atoms with Gasteiger partial charge in [0.05, 0.1) is 5.56 Å². The molecule has 1 aromatic carbocycles. The van der Waals surface area contributed by atoms with E-state index in [1.165, 1.54) is 11.1 Å². The zero-order valence-electron chi connectivity index (χ0n) is 14.2. The van der Waals surface area contributed by atoms with E-state index in [4.69, 9.17) is 0 Å². The molecule has 5 heteroatoms. The van der Waals surface area contributed by atoms with Gasteiger partial charge < -0.3 is 10.6 Å². The van der Waals surface area contributed by atoms with Crippen LogP contribution in [-0.4, -0.2) is 22.4 Å². The number of nitrogens with one attached hydrogen (secondary N) is 2. The minimum atomic E-state index is -0.136. The van der Waals surface area contributed by atoms with Crippen LogP contribution in [0.1, 0.15) is 41.8 Å². The molecule has 23 heavy (non-hydrogen) atoms. The molecule has 0 saturated heterocycles. The first kappa shape index (κ1) is 16.9. The Labute approximate surface area is 137 Å². The standard InChI is InChI=1S/C18H24N4O/c1-12(2)7-8-19-17(23)15-10-20-18(21-11-15)22-16-6-5-13(3)14(4)9-16/h5-6,9-12H,7-8H2,1-4H3,(H,19,23)(H,20,21,22). The first-order valence-electron chi connectivity index (χ1n) is 7.90. The van der Waals surface area contributed by atoms with Crippen molar-refractivity contribution < 1.29 is 4.79 Å². The summed E-state index contributed by atoms with van der Waals surface area (Å²) in [6.07, 6.45) is 4.04. The van der Waals surface area contributed by atoms with Crippen LogP contribution in [-0.2, 0) is 0 Å². The van der Waals surface area contributed by atoms with Gasteiger partial charge in [0.15, 0.2) is 0 Å². The van der Waals surface area contributed by atoms with Gasteiger partial charge in [-0.05, 0) is 49.4 Å². The van der Waals surface area contributed by atoms with Gasteiger partial charge in [0.1, 0.15) is 0 Å². The molecule has 0 atom stereocenters. The second-order valence-corrected chi connectivity index (χ2v) is 6.16. The molecule has 0 saturated carbocycles. The van der Waals surface area contributed by atoms with Crippen molar-refractivity contribution in [1.82, 2.24) is 15.3 Å². The van der Waals surface area contributed by atoms with Crippen molar-refractivity contribution in [3.63, 3.8) is 0 Å². The van der Waals surface area contributed by atoms with Gasteiger partial charge in [-0.1, -0.05) is 19.9 Å². The Bertz CT molecular complexity index is 665. The van der Waals surface area contributed by atoms with Crippen molar-refractivity contribution in [2.24, 2.45) is 5.92 Å². The summed E-state index contributed by atoms with van der Waals surface area (Å²) in [6, 6.07) is 6.08. The van der Waals surface area contributed by atoms with Gasteiger partial charge in [0.25, 0.3) is 5.91 Å². The first-order chi connectivity index (χ1) is 11.0. The second-order valence-electron chi connectivity index (χ2n) is 6.16. The number of aromatic nitrogens is 2. The summed E-state index contributed by atoms with van der Waals surface area (Å²) in [6.45, 7) is 9.05. The summed E-state index contributed by atoms with van der Waals surface area (Å²) in [4.78, 5) is 20.4. The lowest BCUT2D eigenvalue weighted by Crippen LogP contribution is -2.25. The maximum absolute atomic E-state index is 12.0. The molecule has 0 aliphatic heterocycles. The molecule has 0 radical (unpaired) electrons. The largest absolute Gasteiger partial charge is 0.352 e. The van der Waals surface area contributed by atoms with Crippen molar-refractivity contribution in [3.05, 3.63) is 47.3 Å². The lowest BCUT2D eigenvalue weighted by Gasteiger charge is -2.09. The monoisotopic (exact) mass is 312 g/mol. The molecule has 0 unspecified atom stereocenters. The van der Waals surface area contributed by atoms with E-state index in [0.717, 1.165) is 12.1 Å². The van der Waals surface area contributed by atoms with Crippen LogP contribution >= 0.6 is 0 Å². The number of carbonyl (C=O) groups excluding carboxylic acids is 1. The van der Waals surface area contributed by atoms with Crippen molar-refractivity contribution in [3.8, 4) is 0 Å². The summed E-state index contributed by atoms with van der Waals surface area (Å²) in [5.41, 5.74) is 3.85. The molecule has 1 aromatic heterocycles. The molecule has 2 aromatic rings. The highest BCUT2D eigenvalue weighted by Crippen LogP contribution is 2.17. The van der Waals surface area contributed by atoms with E-state index in [9.17, 15) is 4.79 Å². The smallest absolute Gasteiger partial charge is 0.254 e. The number of amides is 1. The maximum atomic E-state index is 12.0. The van der Waals surface area contributed by atoms with Crippen molar-refractivity contribution >= 4 is 17.5 Å². The summed E-state index contributed by atoms with van der Waals surface area (Å²) in [7, 11) is 0. The van der Waals surface area contributed by atoms with Gasteiger partial charge in [0, 0.05) is 24.6 Å². The summed E-state index contributed by atoms with van der Waals surface area (Å²) in [5, 5.41) is 6.02. The summed E-state index contributed by atoms with van der Waals surface area (Å²) in [5.74, 6) is 0.909. The highest BCUT2D eigenvalue weighted by Gasteiger charge is 2.07. The lowest BCUT2D eigenvalue weighted by molar-refractivity contribution is 0.0951.